The SMILES string of the molecule is CN1C(=O)C[C@@H](C(=O)Nc2ccccn2)[C@@H]1c1ccc(Cl)cc1. The molecule has 0 saturated carbocycles. The molecule has 2 heterocycles. The predicted octanol–water partition coefficient (Wildman–Crippen LogP) is 2.89. The number of aromatic nitrogens is 1. The number of nitrogens with zero attached hydrogens (tertiary/aromatic N) is 2. The lowest BCUT2D eigenvalue weighted by Gasteiger charge is -2.24. The largest absolute Gasteiger partial charge is 0.338 e. The lowest BCUT2D eigenvalue weighted by Crippen LogP contribution is -2.30. The maximum absolute atomic E-state index is 12.6. The first-order valence-electron chi connectivity index (χ1n) is 7.29. The summed E-state index contributed by atoms with van der Waals surface area (Å²) in [4.78, 5) is 30.4. The monoisotopic (exact) mass is 329 g/mol. The van der Waals surface area contributed by atoms with Gasteiger partial charge in [-0.1, -0.05) is 29.8 Å². The molecule has 0 spiro atoms. The number of anilines is 1. The number of pyridine rings is 1. The zero-order valence-corrected chi connectivity index (χ0v) is 13.3. The smallest absolute Gasteiger partial charge is 0.231 e. The molecule has 2 aromatic rings. The fraction of sp³-hybridized carbons (Fsp3) is 0.235. The number of carbonyl (C=O) groups excluding carboxylic acids is 2. The first-order valence-corrected chi connectivity index (χ1v) is 7.67. The highest BCUT2D eigenvalue weighted by atomic mass is 35.5. The summed E-state index contributed by atoms with van der Waals surface area (Å²) in [5.74, 6) is -0.238. The minimum Gasteiger partial charge on any atom is -0.338 e. The fourth-order valence-corrected chi connectivity index (χ4v) is 3.00. The van der Waals surface area contributed by atoms with Crippen LogP contribution in [0.15, 0.2) is 48.7 Å². The Kier molecular flexibility index (Phi) is 4.30. The van der Waals surface area contributed by atoms with E-state index in [9.17, 15) is 9.59 Å². The topological polar surface area (TPSA) is 62.3 Å². The summed E-state index contributed by atoms with van der Waals surface area (Å²) in [5.41, 5.74) is 0.893. The number of nitrogens with one attached hydrogen (secondary N) is 1. The Balaban J connectivity index is 1.85. The van der Waals surface area contributed by atoms with E-state index in [0.29, 0.717) is 10.8 Å². The van der Waals surface area contributed by atoms with Crippen molar-refractivity contribution >= 4 is 29.2 Å². The van der Waals surface area contributed by atoms with Crippen molar-refractivity contribution in [3.63, 3.8) is 0 Å². The Labute approximate surface area is 139 Å². The van der Waals surface area contributed by atoms with E-state index in [1.54, 1.807) is 48.5 Å². The zero-order chi connectivity index (χ0) is 16.4. The van der Waals surface area contributed by atoms with Gasteiger partial charge in [0.15, 0.2) is 0 Å². The highest BCUT2D eigenvalue weighted by Gasteiger charge is 2.42. The molecular weight excluding hydrogens is 314 g/mol. The van der Waals surface area contributed by atoms with Crippen LogP contribution in [0.4, 0.5) is 5.82 Å². The van der Waals surface area contributed by atoms with Crippen molar-refractivity contribution in [3.8, 4) is 0 Å². The summed E-state index contributed by atoms with van der Waals surface area (Å²) >= 11 is 5.92. The number of rotatable bonds is 3. The molecule has 1 N–H and O–H groups in total. The molecule has 0 aliphatic carbocycles. The van der Waals surface area contributed by atoms with Crippen LogP contribution in [-0.2, 0) is 9.59 Å². The maximum Gasteiger partial charge on any atom is 0.231 e. The molecule has 118 valence electrons. The molecule has 5 nitrogen and oxygen atoms in total. The molecule has 1 aliphatic heterocycles. The zero-order valence-electron chi connectivity index (χ0n) is 12.6. The van der Waals surface area contributed by atoms with Gasteiger partial charge in [0.1, 0.15) is 5.82 Å². The van der Waals surface area contributed by atoms with E-state index in [0.717, 1.165) is 5.56 Å². The van der Waals surface area contributed by atoms with Crippen LogP contribution in [-0.4, -0.2) is 28.7 Å². The van der Waals surface area contributed by atoms with Gasteiger partial charge in [0.25, 0.3) is 0 Å². The summed E-state index contributed by atoms with van der Waals surface area (Å²) in [6, 6.07) is 12.2. The molecule has 2 amide bonds. The van der Waals surface area contributed by atoms with Crippen LogP contribution in [0.2, 0.25) is 5.02 Å². The molecule has 3 rings (SSSR count). The molecule has 1 aromatic carbocycles. The number of hydrogen-bond acceptors (Lipinski definition) is 3. The van der Waals surface area contributed by atoms with Gasteiger partial charge in [-0.25, -0.2) is 4.98 Å². The number of hydrogen-bond donors (Lipinski definition) is 1. The second-order valence-electron chi connectivity index (χ2n) is 5.52. The van der Waals surface area contributed by atoms with E-state index in [1.165, 1.54) is 0 Å². The summed E-state index contributed by atoms with van der Waals surface area (Å²) < 4.78 is 0. The Morgan fingerprint density at radius 1 is 1.26 bits per heavy atom. The molecule has 2 atom stereocenters. The van der Waals surface area contributed by atoms with E-state index in [4.69, 9.17) is 11.6 Å². The molecule has 6 heteroatoms. The molecule has 1 fully saturated rings. The van der Waals surface area contributed by atoms with Crippen LogP contribution in [0.3, 0.4) is 0 Å². The van der Waals surface area contributed by atoms with Crippen molar-refractivity contribution in [2.75, 3.05) is 12.4 Å². The Bertz CT molecular complexity index is 718. The van der Waals surface area contributed by atoms with Crippen LogP contribution in [0, 0.1) is 5.92 Å². The van der Waals surface area contributed by atoms with Crippen molar-refractivity contribution in [2.45, 2.75) is 12.5 Å². The second-order valence-corrected chi connectivity index (χ2v) is 5.95. The van der Waals surface area contributed by atoms with Gasteiger partial charge in [-0.05, 0) is 29.8 Å². The number of benzene rings is 1. The van der Waals surface area contributed by atoms with E-state index >= 15 is 0 Å². The number of likely N-dealkylation sites (tertiary alicyclic amines) is 1. The van der Waals surface area contributed by atoms with Crippen molar-refractivity contribution in [3.05, 3.63) is 59.2 Å². The van der Waals surface area contributed by atoms with Gasteiger partial charge in [0.2, 0.25) is 11.8 Å². The van der Waals surface area contributed by atoms with Crippen LogP contribution in [0.25, 0.3) is 0 Å². The molecule has 1 aromatic heterocycles. The van der Waals surface area contributed by atoms with Gasteiger partial charge >= 0.3 is 0 Å². The Hall–Kier alpha value is -2.40. The van der Waals surface area contributed by atoms with Gasteiger partial charge in [-0.2, -0.15) is 0 Å². The van der Waals surface area contributed by atoms with Gasteiger partial charge in [0.05, 0.1) is 12.0 Å². The quantitative estimate of drug-likeness (QED) is 0.941. The standard InChI is InChI=1S/C17H16ClN3O2/c1-21-15(22)10-13(16(21)11-5-7-12(18)8-6-11)17(23)20-14-4-2-3-9-19-14/h2-9,13,16H,10H2,1H3,(H,19,20,23)/t13-,16+/m1/s1. The summed E-state index contributed by atoms with van der Waals surface area (Å²) in [6.45, 7) is 0. The maximum atomic E-state index is 12.6. The summed E-state index contributed by atoms with van der Waals surface area (Å²) in [6.07, 6.45) is 1.79. The lowest BCUT2D eigenvalue weighted by atomic mass is 9.93. The third kappa shape index (κ3) is 3.19. The first-order chi connectivity index (χ1) is 11.1. The Morgan fingerprint density at radius 2 is 2.00 bits per heavy atom. The van der Waals surface area contributed by atoms with E-state index in [2.05, 4.69) is 10.3 Å². The van der Waals surface area contributed by atoms with Crippen LogP contribution in [0.5, 0.6) is 0 Å². The van der Waals surface area contributed by atoms with Gasteiger partial charge < -0.3 is 10.2 Å². The van der Waals surface area contributed by atoms with Crippen LogP contribution >= 0.6 is 11.6 Å². The molecule has 1 aliphatic rings. The highest BCUT2D eigenvalue weighted by Crippen LogP contribution is 2.37. The van der Waals surface area contributed by atoms with E-state index in [1.807, 2.05) is 12.1 Å². The number of amides is 2. The van der Waals surface area contributed by atoms with Crippen molar-refractivity contribution in [1.29, 1.82) is 0 Å². The summed E-state index contributed by atoms with van der Waals surface area (Å²) in [5, 5.41) is 3.40. The second kappa shape index (κ2) is 6.38. The fourth-order valence-electron chi connectivity index (χ4n) is 2.88. The molecule has 23 heavy (non-hydrogen) atoms. The molecule has 0 unspecified atom stereocenters. The minimum atomic E-state index is -0.462. The van der Waals surface area contributed by atoms with Crippen molar-refractivity contribution in [1.82, 2.24) is 9.88 Å². The normalized spacial score (nSPS) is 20.6. The third-order valence-electron chi connectivity index (χ3n) is 4.05. The highest BCUT2D eigenvalue weighted by molar-refractivity contribution is 6.30. The number of carbonyl (C=O) groups is 2. The molecule has 0 radical (unpaired) electrons. The van der Waals surface area contributed by atoms with Crippen molar-refractivity contribution < 1.29 is 9.59 Å². The first kappa shape index (κ1) is 15.5. The van der Waals surface area contributed by atoms with Crippen LogP contribution in [0.1, 0.15) is 18.0 Å². The summed E-state index contributed by atoms with van der Waals surface area (Å²) in [7, 11) is 1.72. The molecular formula is C17H16ClN3O2. The van der Waals surface area contributed by atoms with Crippen molar-refractivity contribution in [2.24, 2.45) is 5.92 Å². The van der Waals surface area contributed by atoms with Gasteiger partial charge in [-0.3, -0.25) is 9.59 Å². The predicted molar refractivity (Wildman–Crippen MR) is 87.9 cm³/mol. The minimum absolute atomic E-state index is 0.0499. The van der Waals surface area contributed by atoms with Gasteiger partial charge in [-0.15, -0.1) is 0 Å². The lowest BCUT2D eigenvalue weighted by molar-refractivity contribution is -0.127. The average Bonchev–Trinajstić information content (AvgIpc) is 2.85. The van der Waals surface area contributed by atoms with Crippen LogP contribution < -0.4 is 5.32 Å². The van der Waals surface area contributed by atoms with E-state index < -0.39 is 5.92 Å². The van der Waals surface area contributed by atoms with E-state index in [-0.39, 0.29) is 24.3 Å². The van der Waals surface area contributed by atoms with Gasteiger partial charge in [0, 0.05) is 24.7 Å². The third-order valence-corrected chi connectivity index (χ3v) is 4.30. The molecule has 0 bridgehead atoms. The Morgan fingerprint density at radius 3 is 2.65 bits per heavy atom. The average molecular weight is 330 g/mol. The number of halogens is 1. The molecule has 1 saturated heterocycles.